The van der Waals surface area contributed by atoms with Crippen molar-refractivity contribution in [3.8, 4) is 0 Å². The molecule has 0 aliphatic rings. The van der Waals surface area contributed by atoms with Gasteiger partial charge in [-0.2, -0.15) is 0 Å². The van der Waals surface area contributed by atoms with E-state index in [1.54, 1.807) is 0 Å². The Morgan fingerprint density at radius 3 is 1.37 bits per heavy atom. The van der Waals surface area contributed by atoms with Gasteiger partial charge in [-0.05, 0) is 51.4 Å². The van der Waals surface area contributed by atoms with Crippen LogP contribution in [-0.4, -0.2) is 74.9 Å². The van der Waals surface area contributed by atoms with Gasteiger partial charge >= 0.3 is 19.8 Å². The van der Waals surface area contributed by atoms with E-state index in [4.69, 9.17) is 18.5 Å². The lowest BCUT2D eigenvalue weighted by molar-refractivity contribution is -0.870. The van der Waals surface area contributed by atoms with Crippen molar-refractivity contribution in [2.75, 3.05) is 47.5 Å². The van der Waals surface area contributed by atoms with E-state index < -0.39 is 26.5 Å². The van der Waals surface area contributed by atoms with Gasteiger partial charge in [0.15, 0.2) is 6.10 Å². The van der Waals surface area contributed by atoms with Gasteiger partial charge in [-0.3, -0.25) is 18.6 Å². The molecule has 0 aromatic carbocycles. The maximum atomic E-state index is 12.7. The Labute approximate surface area is 370 Å². The number of phosphoric ester groups is 1. The zero-order chi connectivity index (χ0) is 44.3. The highest BCUT2D eigenvalue weighted by molar-refractivity contribution is 7.47. The summed E-state index contributed by atoms with van der Waals surface area (Å²) in [4.78, 5) is 35.5. The van der Waals surface area contributed by atoms with Gasteiger partial charge in [0.05, 0.1) is 27.7 Å². The van der Waals surface area contributed by atoms with Crippen LogP contribution in [0.3, 0.4) is 0 Å². The highest BCUT2D eigenvalue weighted by atomic mass is 31.2. The predicted octanol–water partition coefficient (Wildman–Crippen LogP) is 14.5. The summed E-state index contributed by atoms with van der Waals surface area (Å²) in [6.07, 6.45) is 49.0. The van der Waals surface area contributed by atoms with Crippen molar-refractivity contribution in [3.05, 3.63) is 36.5 Å². The van der Waals surface area contributed by atoms with Crippen molar-refractivity contribution in [3.63, 3.8) is 0 Å². The smallest absolute Gasteiger partial charge is 0.462 e. The first-order valence-corrected chi connectivity index (χ1v) is 26.2. The van der Waals surface area contributed by atoms with E-state index in [0.717, 1.165) is 51.4 Å². The Kier molecular flexibility index (Phi) is 41.3. The molecule has 0 rings (SSSR count). The maximum absolute atomic E-state index is 12.7. The Morgan fingerprint density at radius 2 is 0.900 bits per heavy atom. The summed E-state index contributed by atoms with van der Waals surface area (Å²) >= 11 is 0. The van der Waals surface area contributed by atoms with Crippen LogP contribution in [0.25, 0.3) is 0 Å². The van der Waals surface area contributed by atoms with Crippen molar-refractivity contribution in [2.45, 2.75) is 225 Å². The molecule has 0 aromatic heterocycles. The molecule has 2 atom stereocenters. The van der Waals surface area contributed by atoms with E-state index in [-0.39, 0.29) is 32.0 Å². The first-order chi connectivity index (χ1) is 29.0. The summed E-state index contributed by atoms with van der Waals surface area (Å²) in [5.41, 5.74) is 0. The van der Waals surface area contributed by atoms with E-state index in [9.17, 15) is 19.0 Å². The number of hydrogen-bond acceptors (Lipinski definition) is 7. The first-order valence-electron chi connectivity index (χ1n) is 24.7. The van der Waals surface area contributed by atoms with Gasteiger partial charge in [0, 0.05) is 12.8 Å². The fourth-order valence-electron chi connectivity index (χ4n) is 6.79. The maximum Gasteiger partial charge on any atom is 0.472 e. The molecule has 0 bridgehead atoms. The highest BCUT2D eigenvalue weighted by Crippen LogP contribution is 2.43. The molecule has 0 saturated carbocycles. The molecule has 0 heterocycles. The SMILES string of the molecule is CCCCC/C=C\C/C=C\C/C=C\CCCCCCC(=O)OC[C@H](COP(=O)(O)OCC[N+](C)(C)C)OC(=O)CCCCCCCCCCCCCCCCCCCCC. The molecule has 1 unspecified atom stereocenters. The van der Waals surface area contributed by atoms with E-state index in [1.165, 1.54) is 128 Å². The molecule has 60 heavy (non-hydrogen) atoms. The molecular weight excluding hydrogens is 774 g/mol. The molecule has 0 radical (unpaired) electrons. The molecule has 0 fully saturated rings. The molecule has 0 spiro atoms. The molecule has 1 N–H and O–H groups in total. The van der Waals surface area contributed by atoms with Crippen LogP contribution in [0, 0.1) is 0 Å². The molecule has 0 aliphatic carbocycles. The minimum Gasteiger partial charge on any atom is -0.462 e. The fraction of sp³-hybridized carbons (Fsp3) is 0.840. The van der Waals surface area contributed by atoms with Crippen molar-refractivity contribution in [1.29, 1.82) is 0 Å². The van der Waals surface area contributed by atoms with Gasteiger partial charge in [-0.15, -0.1) is 0 Å². The lowest BCUT2D eigenvalue weighted by Crippen LogP contribution is -2.37. The molecule has 9 nitrogen and oxygen atoms in total. The number of carbonyl (C=O) groups is 2. The van der Waals surface area contributed by atoms with Crippen LogP contribution >= 0.6 is 7.82 Å². The molecule has 0 saturated heterocycles. The van der Waals surface area contributed by atoms with Gasteiger partial charge in [-0.25, -0.2) is 4.57 Å². The fourth-order valence-corrected chi connectivity index (χ4v) is 7.53. The van der Waals surface area contributed by atoms with Crippen molar-refractivity contribution in [2.24, 2.45) is 0 Å². The Bertz CT molecular complexity index is 1120. The van der Waals surface area contributed by atoms with Gasteiger partial charge in [-0.1, -0.05) is 192 Å². The monoisotopic (exact) mass is 869 g/mol. The van der Waals surface area contributed by atoms with Gasteiger partial charge in [0.25, 0.3) is 0 Å². The van der Waals surface area contributed by atoms with Crippen LogP contribution < -0.4 is 0 Å². The lowest BCUT2D eigenvalue weighted by atomic mass is 10.0. The topological polar surface area (TPSA) is 108 Å². The summed E-state index contributed by atoms with van der Waals surface area (Å²) < 4.78 is 34.4. The Morgan fingerprint density at radius 1 is 0.517 bits per heavy atom. The third-order valence-corrected chi connectivity index (χ3v) is 11.7. The minimum atomic E-state index is -4.38. The second-order valence-electron chi connectivity index (χ2n) is 17.9. The van der Waals surface area contributed by atoms with Crippen LogP contribution in [-0.2, 0) is 32.7 Å². The summed E-state index contributed by atoms with van der Waals surface area (Å²) in [5.74, 6) is -0.815. The molecule has 10 heteroatoms. The second-order valence-corrected chi connectivity index (χ2v) is 19.3. The van der Waals surface area contributed by atoms with E-state index >= 15 is 0 Å². The Hall–Kier alpha value is -1.77. The normalized spacial score (nSPS) is 13.8. The Balaban J connectivity index is 4.30. The van der Waals surface area contributed by atoms with Crippen molar-refractivity contribution in [1.82, 2.24) is 0 Å². The second kappa shape index (κ2) is 42.5. The molecule has 0 aliphatic heterocycles. The number of allylic oxidation sites excluding steroid dienone is 6. The van der Waals surface area contributed by atoms with Gasteiger partial charge in [0.2, 0.25) is 0 Å². The molecule has 0 aromatic rings. The number of phosphoric acid groups is 1. The standard InChI is InChI=1S/C50H94NO8P/c1-6-8-10-12-14-16-18-20-22-24-25-27-29-31-33-35-37-39-41-43-50(53)59-48(47-58-60(54,55)57-45-44-51(3,4)5)46-56-49(52)42-40-38-36-34-32-30-28-26-23-21-19-17-15-13-11-9-7-2/h15,17,21,23,28,30,48H,6-14,16,18-20,22,24-27,29,31-47H2,1-5H3/p+1/b17-15-,23-21-,30-28-/t48-/m1/s1. The summed E-state index contributed by atoms with van der Waals surface area (Å²) in [6.45, 7) is 4.40. The quantitative estimate of drug-likeness (QED) is 0.0212. The minimum absolute atomic E-state index is 0.0289. The number of rotatable bonds is 45. The molecular formula is C50H95NO8P+. The van der Waals surface area contributed by atoms with Crippen molar-refractivity contribution >= 4 is 19.8 Å². The van der Waals surface area contributed by atoms with Crippen LogP contribution in [0.1, 0.15) is 219 Å². The number of nitrogens with zero attached hydrogens (tertiary/aromatic N) is 1. The average Bonchev–Trinajstić information content (AvgIpc) is 3.20. The number of hydrogen-bond donors (Lipinski definition) is 1. The van der Waals surface area contributed by atoms with Crippen LogP contribution in [0.4, 0.5) is 0 Å². The summed E-state index contributed by atoms with van der Waals surface area (Å²) in [5, 5.41) is 0. The number of ether oxygens (including phenoxy) is 2. The van der Waals surface area contributed by atoms with Gasteiger partial charge in [0.1, 0.15) is 19.8 Å². The average molecular weight is 869 g/mol. The number of likely N-dealkylation sites (N-methyl/N-ethyl adjacent to an activating group) is 1. The van der Waals surface area contributed by atoms with Crippen LogP contribution in [0.15, 0.2) is 36.5 Å². The number of esters is 2. The predicted molar refractivity (Wildman–Crippen MR) is 252 cm³/mol. The largest absolute Gasteiger partial charge is 0.472 e. The number of unbranched alkanes of at least 4 members (excludes halogenated alkanes) is 25. The summed E-state index contributed by atoms with van der Waals surface area (Å²) in [7, 11) is 1.47. The molecule has 352 valence electrons. The number of quaternary nitrogens is 1. The van der Waals surface area contributed by atoms with E-state index in [0.29, 0.717) is 23.9 Å². The van der Waals surface area contributed by atoms with Gasteiger partial charge < -0.3 is 18.9 Å². The van der Waals surface area contributed by atoms with Crippen LogP contribution in [0.5, 0.6) is 0 Å². The van der Waals surface area contributed by atoms with E-state index in [2.05, 4.69) is 50.3 Å². The zero-order valence-electron chi connectivity index (χ0n) is 39.7. The number of carbonyl (C=O) groups excluding carboxylic acids is 2. The first kappa shape index (κ1) is 58.2. The zero-order valence-corrected chi connectivity index (χ0v) is 40.6. The third-order valence-electron chi connectivity index (χ3n) is 10.7. The lowest BCUT2D eigenvalue weighted by Gasteiger charge is -2.24. The van der Waals surface area contributed by atoms with Crippen molar-refractivity contribution < 1.29 is 42.1 Å². The highest BCUT2D eigenvalue weighted by Gasteiger charge is 2.27. The molecule has 0 amide bonds. The van der Waals surface area contributed by atoms with Crippen LogP contribution in [0.2, 0.25) is 0 Å². The third kappa shape index (κ3) is 45.7. The summed E-state index contributed by atoms with van der Waals surface area (Å²) in [6, 6.07) is 0. The van der Waals surface area contributed by atoms with E-state index in [1.807, 2.05) is 21.1 Å².